The van der Waals surface area contributed by atoms with Gasteiger partial charge in [0.2, 0.25) is 0 Å². The average Bonchev–Trinajstić information content (AvgIpc) is 1.33. The molecule has 0 radical (unpaired) electrons. The van der Waals surface area contributed by atoms with E-state index in [1.165, 1.54) is 6.08 Å². The maximum Gasteiger partial charge on any atom is 1.00 e. The van der Waals surface area contributed by atoms with Crippen LogP contribution in [0.1, 0.15) is 0 Å². The molecule has 0 aliphatic rings. The van der Waals surface area contributed by atoms with Gasteiger partial charge in [0.25, 0.3) is 0 Å². The van der Waals surface area contributed by atoms with Gasteiger partial charge >= 0.3 is 37.8 Å². The molecule has 0 aliphatic carbocycles. The molecule has 0 bridgehead atoms. The zero-order valence-electron chi connectivity index (χ0n) is 4.74. The number of hydrogen-bond donors (Lipinski definition) is 2. The van der Waals surface area contributed by atoms with E-state index in [2.05, 4.69) is 13.5 Å². The molecule has 0 fully saturated rings. The van der Waals surface area contributed by atoms with Gasteiger partial charge in [-0.25, -0.2) is 19.6 Å². The summed E-state index contributed by atoms with van der Waals surface area (Å²) in [7, 11) is -2.87. The maximum absolute atomic E-state index is 8.70. The number of allylic oxidation sites excluding steroid dienone is 1. The Labute approximate surface area is 71.7 Å². The van der Waals surface area contributed by atoms with Crippen LogP contribution < -0.4 is 29.6 Å². The third-order valence-corrected chi connectivity index (χ3v) is 0. The second-order valence-corrected chi connectivity index (χ2v) is 1.05. The first-order valence-electron chi connectivity index (χ1n) is 1.40. The number of hydrogen-bond acceptors (Lipinski definition) is 1. The summed E-state index contributed by atoms with van der Waals surface area (Å²) < 4.78 is 8.70. The van der Waals surface area contributed by atoms with Crippen LogP contribution in [0.2, 0.25) is 0 Å². The van der Waals surface area contributed by atoms with E-state index >= 15 is 0 Å². The standard InChI is InChI=1S/C3H5.Na.HO3P/c1-3-2;;1-4(2)3/h3H,1-2H2;;(H-,1,2,3)/q-1;+1;/p+1. The van der Waals surface area contributed by atoms with Crippen LogP contribution in [0.25, 0.3) is 0 Å². The zero-order valence-corrected chi connectivity index (χ0v) is 7.64. The molecule has 3 nitrogen and oxygen atoms in total. The molecule has 0 spiro atoms. The van der Waals surface area contributed by atoms with Gasteiger partial charge in [-0.05, 0) is 0 Å². The summed E-state index contributed by atoms with van der Waals surface area (Å²) in [6, 6.07) is 0. The van der Waals surface area contributed by atoms with Crippen LogP contribution in [-0.4, -0.2) is 9.79 Å². The molecule has 0 aromatic rings. The Balaban J connectivity index is -0.0000000575. The zero-order chi connectivity index (χ0) is 6.28. The van der Waals surface area contributed by atoms with Gasteiger partial charge in [-0.15, -0.1) is 9.79 Å². The van der Waals surface area contributed by atoms with E-state index in [-0.39, 0.29) is 29.6 Å². The predicted molar refractivity (Wildman–Crippen MR) is 27.6 cm³/mol. The van der Waals surface area contributed by atoms with Gasteiger partial charge in [-0.3, -0.25) is 0 Å². The van der Waals surface area contributed by atoms with Crippen molar-refractivity contribution < 1.29 is 43.9 Å². The monoisotopic (exact) mass is 145 g/mol. The van der Waals surface area contributed by atoms with Crippen molar-refractivity contribution >= 4 is 8.25 Å². The first-order valence-corrected chi connectivity index (χ1v) is 2.56. The summed E-state index contributed by atoms with van der Waals surface area (Å²) in [5.41, 5.74) is 0. The Kier molecular flexibility index (Phi) is 31.0. The van der Waals surface area contributed by atoms with Crippen molar-refractivity contribution in [2.75, 3.05) is 0 Å². The van der Waals surface area contributed by atoms with Crippen molar-refractivity contribution in [1.82, 2.24) is 0 Å². The molecule has 42 valence electrons. The topological polar surface area (TPSA) is 57.5 Å². The van der Waals surface area contributed by atoms with Crippen LogP contribution in [0.3, 0.4) is 0 Å². The minimum Gasteiger partial charge on any atom is -0.245 e. The first kappa shape index (κ1) is 15.9. The maximum atomic E-state index is 8.70. The molecular weight excluding hydrogens is 138 g/mol. The Morgan fingerprint density at radius 1 is 1.62 bits per heavy atom. The van der Waals surface area contributed by atoms with E-state index < -0.39 is 8.25 Å². The Morgan fingerprint density at radius 3 is 1.62 bits per heavy atom. The fourth-order valence-corrected chi connectivity index (χ4v) is 0. The van der Waals surface area contributed by atoms with Gasteiger partial charge in [0.1, 0.15) is 0 Å². The normalized spacial score (nSPS) is 4.75. The largest absolute Gasteiger partial charge is 1.00 e. The smallest absolute Gasteiger partial charge is 0.245 e. The van der Waals surface area contributed by atoms with E-state index in [9.17, 15) is 0 Å². The molecule has 5 heteroatoms. The molecule has 0 amide bonds. The van der Waals surface area contributed by atoms with Gasteiger partial charge in [0.05, 0.1) is 0 Å². The molecule has 0 unspecified atom stereocenters. The SMILES string of the molecule is C=C[CH2-].O=[P+](O)O.[Na+]. The van der Waals surface area contributed by atoms with E-state index in [0.29, 0.717) is 0 Å². The van der Waals surface area contributed by atoms with Crippen molar-refractivity contribution in [3.8, 4) is 0 Å². The fourth-order valence-electron chi connectivity index (χ4n) is 0. The molecule has 0 aliphatic heterocycles. The second-order valence-electron chi connectivity index (χ2n) is 0.541. The van der Waals surface area contributed by atoms with Crippen molar-refractivity contribution in [3.63, 3.8) is 0 Å². The molecule has 0 rings (SSSR count). The molecule has 2 N–H and O–H groups in total. The Hall–Kier alpha value is 0.630. The Morgan fingerprint density at radius 2 is 1.62 bits per heavy atom. The summed E-state index contributed by atoms with van der Waals surface area (Å²) in [6.45, 7) is 6.50. The molecule has 0 heterocycles. The van der Waals surface area contributed by atoms with Crippen LogP contribution >= 0.6 is 8.25 Å². The van der Waals surface area contributed by atoms with Crippen LogP contribution in [0.15, 0.2) is 12.7 Å². The Bertz CT molecular complexity index is 61.5. The average molecular weight is 145 g/mol. The van der Waals surface area contributed by atoms with Crippen LogP contribution in [-0.2, 0) is 4.57 Å². The van der Waals surface area contributed by atoms with Crippen LogP contribution in [0.4, 0.5) is 0 Å². The first-order chi connectivity index (χ1) is 3.15. The molecule has 0 atom stereocenters. The molecule has 8 heavy (non-hydrogen) atoms. The fraction of sp³-hybridized carbons (Fsp3) is 0. The van der Waals surface area contributed by atoms with Gasteiger partial charge < -0.3 is 0 Å². The molecular formula is C3H7NaO3P+. The second kappa shape index (κ2) is 15.6. The van der Waals surface area contributed by atoms with E-state index in [4.69, 9.17) is 14.4 Å². The molecule has 0 aromatic carbocycles. The minimum absolute atomic E-state index is 0. The van der Waals surface area contributed by atoms with E-state index in [1.54, 1.807) is 0 Å². The van der Waals surface area contributed by atoms with E-state index in [1.807, 2.05) is 0 Å². The number of rotatable bonds is 0. The molecule has 0 saturated heterocycles. The van der Waals surface area contributed by atoms with Crippen molar-refractivity contribution in [1.29, 1.82) is 0 Å². The third kappa shape index (κ3) is 529. The van der Waals surface area contributed by atoms with Gasteiger partial charge in [-0.1, -0.05) is 0 Å². The van der Waals surface area contributed by atoms with Crippen molar-refractivity contribution in [2.45, 2.75) is 0 Å². The quantitative estimate of drug-likeness (QED) is 0.228. The minimum atomic E-state index is -2.87. The summed E-state index contributed by atoms with van der Waals surface area (Å²) in [5, 5.41) is 0. The van der Waals surface area contributed by atoms with E-state index in [0.717, 1.165) is 0 Å². The van der Waals surface area contributed by atoms with Crippen molar-refractivity contribution in [3.05, 3.63) is 19.6 Å². The predicted octanol–water partition coefficient (Wildman–Crippen LogP) is -2.36. The van der Waals surface area contributed by atoms with Crippen molar-refractivity contribution in [2.24, 2.45) is 0 Å². The molecule has 0 aromatic heterocycles. The summed E-state index contributed by atoms with van der Waals surface area (Å²) in [5.74, 6) is 0. The van der Waals surface area contributed by atoms with Crippen LogP contribution in [0.5, 0.6) is 0 Å². The molecule has 0 saturated carbocycles. The third-order valence-electron chi connectivity index (χ3n) is 0. The van der Waals surface area contributed by atoms with Gasteiger partial charge in [0, 0.05) is 4.57 Å². The summed E-state index contributed by atoms with van der Waals surface area (Å²) in [4.78, 5) is 14.2. The summed E-state index contributed by atoms with van der Waals surface area (Å²) >= 11 is 0. The van der Waals surface area contributed by atoms with Crippen LogP contribution in [0, 0.1) is 6.92 Å². The van der Waals surface area contributed by atoms with Gasteiger partial charge in [0.15, 0.2) is 0 Å². The van der Waals surface area contributed by atoms with Gasteiger partial charge in [-0.2, -0.15) is 0 Å². The summed E-state index contributed by atoms with van der Waals surface area (Å²) in [6.07, 6.45) is 1.50.